The molecule has 0 spiro atoms. The summed E-state index contributed by atoms with van der Waals surface area (Å²) in [7, 11) is 1.99. The normalized spacial score (nSPS) is 10.9. The lowest BCUT2D eigenvalue weighted by molar-refractivity contribution is 0.789. The van der Waals surface area contributed by atoms with Gasteiger partial charge in [0, 0.05) is 37.8 Å². The van der Waals surface area contributed by atoms with Crippen molar-refractivity contribution in [3.05, 3.63) is 47.8 Å². The summed E-state index contributed by atoms with van der Waals surface area (Å²) >= 11 is 5.95. The van der Waals surface area contributed by atoms with E-state index in [0.29, 0.717) is 0 Å². The van der Waals surface area contributed by atoms with Gasteiger partial charge in [-0.05, 0) is 23.7 Å². The van der Waals surface area contributed by atoms with Gasteiger partial charge in [-0.2, -0.15) is 0 Å². The van der Waals surface area contributed by atoms with Crippen molar-refractivity contribution in [2.24, 2.45) is 7.05 Å². The molecule has 0 fully saturated rings. The lowest BCUT2D eigenvalue weighted by Crippen LogP contribution is -2.10. The van der Waals surface area contributed by atoms with Crippen LogP contribution in [0.2, 0.25) is 5.28 Å². The van der Waals surface area contributed by atoms with Crippen molar-refractivity contribution >= 4 is 28.3 Å². The lowest BCUT2D eigenvalue weighted by Gasteiger charge is -2.09. The van der Waals surface area contributed by atoms with Crippen LogP contribution >= 0.6 is 11.6 Å². The number of imidazole rings is 1. The van der Waals surface area contributed by atoms with Crippen LogP contribution in [0.3, 0.4) is 0 Å². The van der Waals surface area contributed by atoms with Gasteiger partial charge in [-0.25, -0.2) is 15.0 Å². The van der Waals surface area contributed by atoms with Crippen LogP contribution in [0.25, 0.3) is 10.9 Å². The molecule has 0 saturated heterocycles. The quantitative estimate of drug-likeness (QED) is 0.750. The maximum Gasteiger partial charge on any atom is 0.224 e. The minimum atomic E-state index is 0.253. The molecule has 5 nitrogen and oxygen atoms in total. The van der Waals surface area contributed by atoms with E-state index in [0.717, 1.165) is 35.5 Å². The van der Waals surface area contributed by atoms with Gasteiger partial charge in [-0.1, -0.05) is 12.1 Å². The molecule has 0 bridgehead atoms. The predicted octanol–water partition coefficient (Wildman–Crippen LogP) is 2.67. The third-order valence-electron chi connectivity index (χ3n) is 3.14. The number of halogens is 1. The molecule has 6 heteroatoms. The monoisotopic (exact) mass is 287 g/mol. The summed E-state index contributed by atoms with van der Waals surface area (Å²) in [5.41, 5.74) is 0.840. The molecule has 3 aromatic rings. The molecule has 0 aliphatic heterocycles. The first kappa shape index (κ1) is 12.9. The lowest BCUT2D eigenvalue weighted by atomic mass is 10.2. The number of anilines is 1. The number of benzene rings is 1. The van der Waals surface area contributed by atoms with Crippen LogP contribution in [-0.2, 0) is 13.5 Å². The first-order valence-corrected chi connectivity index (χ1v) is 6.74. The predicted molar refractivity (Wildman–Crippen MR) is 79.9 cm³/mol. The number of nitrogens with zero attached hydrogens (tertiary/aromatic N) is 4. The highest BCUT2D eigenvalue weighted by molar-refractivity contribution is 6.28. The molecule has 0 radical (unpaired) electrons. The zero-order valence-corrected chi connectivity index (χ0v) is 11.8. The molecule has 1 aromatic carbocycles. The minimum Gasteiger partial charge on any atom is -0.369 e. The van der Waals surface area contributed by atoms with Crippen LogP contribution in [0.5, 0.6) is 0 Å². The smallest absolute Gasteiger partial charge is 0.224 e. The fraction of sp³-hybridized carbons (Fsp3) is 0.214. The molecule has 20 heavy (non-hydrogen) atoms. The van der Waals surface area contributed by atoms with E-state index < -0.39 is 0 Å². The van der Waals surface area contributed by atoms with E-state index in [-0.39, 0.29) is 5.28 Å². The third-order valence-corrected chi connectivity index (χ3v) is 3.31. The molecule has 0 saturated carbocycles. The second-order valence-electron chi connectivity index (χ2n) is 4.49. The Balaban J connectivity index is 1.79. The van der Waals surface area contributed by atoms with Crippen molar-refractivity contribution in [1.82, 2.24) is 19.5 Å². The van der Waals surface area contributed by atoms with Crippen LogP contribution in [0.15, 0.2) is 36.7 Å². The summed E-state index contributed by atoms with van der Waals surface area (Å²) in [4.78, 5) is 12.8. The Kier molecular flexibility index (Phi) is 3.52. The van der Waals surface area contributed by atoms with E-state index >= 15 is 0 Å². The first-order chi connectivity index (χ1) is 9.74. The summed E-state index contributed by atoms with van der Waals surface area (Å²) in [6.07, 6.45) is 4.55. The van der Waals surface area contributed by atoms with Gasteiger partial charge in [-0.3, -0.25) is 0 Å². The topological polar surface area (TPSA) is 55.6 Å². The van der Waals surface area contributed by atoms with Crippen molar-refractivity contribution in [3.63, 3.8) is 0 Å². The van der Waals surface area contributed by atoms with Gasteiger partial charge in [-0.15, -0.1) is 0 Å². The SMILES string of the molecule is Cn1ccnc1CCNc1nc(Cl)nc2ccccc12. The van der Waals surface area contributed by atoms with Crippen molar-refractivity contribution in [2.75, 3.05) is 11.9 Å². The summed E-state index contributed by atoms with van der Waals surface area (Å²) in [6, 6.07) is 7.80. The van der Waals surface area contributed by atoms with Crippen molar-refractivity contribution < 1.29 is 0 Å². The zero-order chi connectivity index (χ0) is 13.9. The number of aryl methyl sites for hydroxylation is 1. The number of hydrogen-bond acceptors (Lipinski definition) is 4. The first-order valence-electron chi connectivity index (χ1n) is 6.36. The number of aromatic nitrogens is 4. The number of fused-ring (bicyclic) bond motifs is 1. The average Bonchev–Trinajstić information content (AvgIpc) is 2.84. The van der Waals surface area contributed by atoms with Gasteiger partial charge in [0.05, 0.1) is 5.52 Å². The second kappa shape index (κ2) is 5.46. The van der Waals surface area contributed by atoms with E-state index in [9.17, 15) is 0 Å². The summed E-state index contributed by atoms with van der Waals surface area (Å²) in [5, 5.41) is 4.53. The van der Waals surface area contributed by atoms with Crippen molar-refractivity contribution in [1.29, 1.82) is 0 Å². The molecule has 0 aliphatic rings. The Hall–Kier alpha value is -2.14. The number of rotatable bonds is 4. The maximum absolute atomic E-state index is 5.95. The van der Waals surface area contributed by atoms with E-state index in [2.05, 4.69) is 20.3 Å². The second-order valence-corrected chi connectivity index (χ2v) is 4.83. The van der Waals surface area contributed by atoms with E-state index in [4.69, 9.17) is 11.6 Å². The average molecular weight is 288 g/mol. The maximum atomic E-state index is 5.95. The van der Waals surface area contributed by atoms with Crippen molar-refractivity contribution in [3.8, 4) is 0 Å². The highest BCUT2D eigenvalue weighted by Gasteiger charge is 2.06. The van der Waals surface area contributed by atoms with E-state index in [1.807, 2.05) is 42.1 Å². The molecule has 0 aliphatic carbocycles. The Morgan fingerprint density at radius 3 is 2.90 bits per heavy atom. The zero-order valence-electron chi connectivity index (χ0n) is 11.0. The van der Waals surface area contributed by atoms with Gasteiger partial charge in [0.1, 0.15) is 11.6 Å². The molecule has 2 heterocycles. The molecule has 1 N–H and O–H groups in total. The molecule has 0 atom stereocenters. The highest BCUT2D eigenvalue weighted by atomic mass is 35.5. The largest absolute Gasteiger partial charge is 0.369 e. The summed E-state index contributed by atoms with van der Waals surface area (Å²) < 4.78 is 2.01. The molecule has 2 aromatic heterocycles. The van der Waals surface area contributed by atoms with Crippen LogP contribution in [0.4, 0.5) is 5.82 Å². The molecule has 3 rings (SSSR count). The Bertz CT molecular complexity index is 737. The van der Waals surface area contributed by atoms with Gasteiger partial charge in [0.2, 0.25) is 5.28 Å². The summed E-state index contributed by atoms with van der Waals surface area (Å²) in [6.45, 7) is 0.738. The van der Waals surface area contributed by atoms with Crippen LogP contribution in [-0.4, -0.2) is 26.1 Å². The van der Waals surface area contributed by atoms with Gasteiger partial charge < -0.3 is 9.88 Å². The summed E-state index contributed by atoms with van der Waals surface area (Å²) in [5.74, 6) is 1.79. The molecule has 102 valence electrons. The molecule has 0 amide bonds. The highest BCUT2D eigenvalue weighted by Crippen LogP contribution is 2.21. The number of para-hydroxylation sites is 1. The fourth-order valence-corrected chi connectivity index (χ4v) is 2.29. The molecule has 0 unspecified atom stereocenters. The van der Waals surface area contributed by atoms with E-state index in [1.165, 1.54) is 0 Å². The Morgan fingerprint density at radius 1 is 1.25 bits per heavy atom. The van der Waals surface area contributed by atoms with Gasteiger partial charge >= 0.3 is 0 Å². The number of hydrogen-bond donors (Lipinski definition) is 1. The van der Waals surface area contributed by atoms with Gasteiger partial charge in [0.15, 0.2) is 0 Å². The third kappa shape index (κ3) is 2.58. The van der Waals surface area contributed by atoms with E-state index in [1.54, 1.807) is 6.20 Å². The fourth-order valence-electron chi connectivity index (χ4n) is 2.11. The van der Waals surface area contributed by atoms with Crippen LogP contribution < -0.4 is 5.32 Å². The minimum absolute atomic E-state index is 0.253. The van der Waals surface area contributed by atoms with Gasteiger partial charge in [0.25, 0.3) is 0 Å². The van der Waals surface area contributed by atoms with Crippen LogP contribution in [0.1, 0.15) is 5.82 Å². The molecular weight excluding hydrogens is 274 g/mol. The van der Waals surface area contributed by atoms with Crippen LogP contribution in [0, 0.1) is 0 Å². The van der Waals surface area contributed by atoms with Crippen molar-refractivity contribution in [2.45, 2.75) is 6.42 Å². The standard InChI is InChI=1S/C14H14ClN5/c1-20-9-8-16-12(20)6-7-17-13-10-4-2-3-5-11(10)18-14(15)19-13/h2-5,8-9H,6-7H2,1H3,(H,17,18,19). The Morgan fingerprint density at radius 2 is 2.10 bits per heavy atom. The molecular formula is C14H14ClN5. The Labute approximate surface area is 121 Å². The number of nitrogens with one attached hydrogen (secondary N) is 1.